The van der Waals surface area contributed by atoms with Gasteiger partial charge in [0.05, 0.1) is 0 Å². The third-order valence-electron chi connectivity index (χ3n) is 2.57. The maximum Gasteiger partial charge on any atom is 0.264 e. The van der Waals surface area contributed by atoms with Crippen LogP contribution in [0.1, 0.15) is 31.1 Å². The molecule has 1 aromatic carbocycles. The summed E-state index contributed by atoms with van der Waals surface area (Å²) in [6, 6.07) is 8.46. The summed E-state index contributed by atoms with van der Waals surface area (Å²) in [5.41, 5.74) is 1.23. The van der Waals surface area contributed by atoms with Crippen molar-refractivity contribution in [2.45, 2.75) is 40.0 Å². The fourth-order valence-corrected chi connectivity index (χ4v) is 1.57. The number of ether oxygens (including phenoxy) is 1. The molecule has 1 aromatic heterocycles. The Morgan fingerprint density at radius 2 is 2.00 bits per heavy atom. The fourth-order valence-electron chi connectivity index (χ4n) is 1.57. The molecule has 1 N–H and O–H groups in total. The Morgan fingerprint density at radius 1 is 1.26 bits per heavy atom. The SMILES string of the molecule is Cc1noc(COc2ccc(CNC(C)C)cc2)n1. The van der Waals surface area contributed by atoms with E-state index in [2.05, 4.69) is 29.3 Å². The Hall–Kier alpha value is -1.88. The van der Waals surface area contributed by atoms with Crippen molar-refractivity contribution in [2.24, 2.45) is 0 Å². The molecule has 0 fully saturated rings. The summed E-state index contributed by atoms with van der Waals surface area (Å²) in [5.74, 6) is 1.90. The van der Waals surface area contributed by atoms with Crippen molar-refractivity contribution in [1.29, 1.82) is 0 Å². The second kappa shape index (κ2) is 6.33. The van der Waals surface area contributed by atoms with Crippen molar-refractivity contribution >= 4 is 0 Å². The maximum absolute atomic E-state index is 5.57. The van der Waals surface area contributed by atoms with Crippen molar-refractivity contribution in [3.63, 3.8) is 0 Å². The van der Waals surface area contributed by atoms with Gasteiger partial charge in [0.2, 0.25) is 0 Å². The largest absolute Gasteiger partial charge is 0.484 e. The lowest BCUT2D eigenvalue weighted by Gasteiger charge is -2.09. The monoisotopic (exact) mass is 261 g/mol. The van der Waals surface area contributed by atoms with Gasteiger partial charge in [0.1, 0.15) is 5.75 Å². The van der Waals surface area contributed by atoms with Crippen LogP contribution in [0.4, 0.5) is 0 Å². The smallest absolute Gasteiger partial charge is 0.264 e. The van der Waals surface area contributed by atoms with Crippen molar-refractivity contribution in [1.82, 2.24) is 15.5 Å². The van der Waals surface area contributed by atoms with Gasteiger partial charge in [-0.25, -0.2) is 0 Å². The summed E-state index contributed by atoms with van der Waals surface area (Å²) < 4.78 is 10.5. The van der Waals surface area contributed by atoms with Crippen LogP contribution in [-0.4, -0.2) is 16.2 Å². The maximum atomic E-state index is 5.57. The average Bonchev–Trinajstić information content (AvgIpc) is 2.81. The minimum atomic E-state index is 0.296. The van der Waals surface area contributed by atoms with Crippen molar-refractivity contribution < 1.29 is 9.26 Å². The van der Waals surface area contributed by atoms with Crippen molar-refractivity contribution in [3.05, 3.63) is 41.5 Å². The van der Waals surface area contributed by atoms with Gasteiger partial charge in [-0.2, -0.15) is 4.98 Å². The standard InChI is InChI=1S/C14H19N3O2/c1-10(2)15-8-12-4-6-13(7-5-12)18-9-14-16-11(3)17-19-14/h4-7,10,15H,8-9H2,1-3H3. The number of rotatable bonds is 6. The molecule has 0 radical (unpaired) electrons. The Morgan fingerprint density at radius 3 is 2.58 bits per heavy atom. The molecule has 0 aliphatic carbocycles. The predicted octanol–water partition coefficient (Wildman–Crippen LogP) is 2.46. The second-order valence-electron chi connectivity index (χ2n) is 4.70. The van der Waals surface area contributed by atoms with Crippen LogP contribution < -0.4 is 10.1 Å². The summed E-state index contributed by atoms with van der Waals surface area (Å²) in [6.07, 6.45) is 0. The van der Waals surface area contributed by atoms with E-state index in [1.54, 1.807) is 6.92 Å². The van der Waals surface area contributed by atoms with Crippen LogP contribution in [0.5, 0.6) is 5.75 Å². The minimum absolute atomic E-state index is 0.296. The van der Waals surface area contributed by atoms with Crippen LogP contribution in [0.15, 0.2) is 28.8 Å². The zero-order valence-electron chi connectivity index (χ0n) is 11.5. The van der Waals surface area contributed by atoms with Crippen LogP contribution >= 0.6 is 0 Å². The van der Waals surface area contributed by atoms with Gasteiger partial charge in [0.15, 0.2) is 12.4 Å². The first-order chi connectivity index (χ1) is 9.13. The highest BCUT2D eigenvalue weighted by Crippen LogP contribution is 2.13. The summed E-state index contributed by atoms with van der Waals surface area (Å²) in [5, 5.41) is 7.08. The Labute approximate surface area is 113 Å². The summed E-state index contributed by atoms with van der Waals surface area (Å²) in [6.45, 7) is 7.20. The fraction of sp³-hybridized carbons (Fsp3) is 0.429. The lowest BCUT2D eigenvalue weighted by atomic mass is 10.2. The Kier molecular flexibility index (Phi) is 4.52. The summed E-state index contributed by atoms with van der Waals surface area (Å²) >= 11 is 0. The zero-order chi connectivity index (χ0) is 13.7. The molecule has 0 amide bonds. The Balaban J connectivity index is 1.84. The number of hydrogen-bond acceptors (Lipinski definition) is 5. The summed E-state index contributed by atoms with van der Waals surface area (Å²) in [7, 11) is 0. The first-order valence-corrected chi connectivity index (χ1v) is 6.38. The van der Waals surface area contributed by atoms with Gasteiger partial charge >= 0.3 is 0 Å². The van der Waals surface area contributed by atoms with Gasteiger partial charge in [-0.1, -0.05) is 31.1 Å². The normalized spacial score (nSPS) is 10.9. The van der Waals surface area contributed by atoms with Gasteiger partial charge < -0.3 is 14.6 Å². The van der Waals surface area contributed by atoms with E-state index >= 15 is 0 Å². The summed E-state index contributed by atoms with van der Waals surface area (Å²) in [4.78, 5) is 4.08. The average molecular weight is 261 g/mol. The van der Waals surface area contributed by atoms with Crippen molar-refractivity contribution in [2.75, 3.05) is 0 Å². The van der Waals surface area contributed by atoms with E-state index in [-0.39, 0.29) is 0 Å². The van der Waals surface area contributed by atoms with Crippen LogP contribution in [0.3, 0.4) is 0 Å². The molecule has 1 heterocycles. The van der Waals surface area contributed by atoms with E-state index in [1.807, 2.05) is 24.3 Å². The molecule has 0 saturated carbocycles. The highest BCUT2D eigenvalue weighted by Gasteiger charge is 2.03. The molecule has 2 aromatic rings. The molecule has 0 unspecified atom stereocenters. The van der Waals surface area contributed by atoms with Gasteiger partial charge in [-0.05, 0) is 24.6 Å². The van der Waals surface area contributed by atoms with E-state index in [1.165, 1.54) is 5.56 Å². The number of hydrogen-bond donors (Lipinski definition) is 1. The molecule has 0 spiro atoms. The number of aryl methyl sites for hydroxylation is 1. The van der Waals surface area contributed by atoms with E-state index in [9.17, 15) is 0 Å². The van der Waals surface area contributed by atoms with Gasteiger partial charge in [0, 0.05) is 12.6 Å². The van der Waals surface area contributed by atoms with E-state index in [0.717, 1.165) is 12.3 Å². The molecule has 2 rings (SSSR count). The zero-order valence-corrected chi connectivity index (χ0v) is 11.5. The molecule has 102 valence electrons. The van der Waals surface area contributed by atoms with Crippen LogP contribution in [0.25, 0.3) is 0 Å². The van der Waals surface area contributed by atoms with Crippen LogP contribution in [-0.2, 0) is 13.2 Å². The van der Waals surface area contributed by atoms with E-state index in [4.69, 9.17) is 9.26 Å². The Bertz CT molecular complexity index is 506. The lowest BCUT2D eigenvalue weighted by Crippen LogP contribution is -2.21. The first-order valence-electron chi connectivity index (χ1n) is 6.38. The molecule has 5 heteroatoms. The lowest BCUT2D eigenvalue weighted by molar-refractivity contribution is 0.242. The van der Waals surface area contributed by atoms with Gasteiger partial charge in [-0.3, -0.25) is 0 Å². The molecule has 0 bridgehead atoms. The molecule has 0 aliphatic heterocycles. The van der Waals surface area contributed by atoms with Crippen LogP contribution in [0.2, 0.25) is 0 Å². The second-order valence-corrected chi connectivity index (χ2v) is 4.70. The number of benzene rings is 1. The first kappa shape index (κ1) is 13.5. The quantitative estimate of drug-likeness (QED) is 0.865. The van der Waals surface area contributed by atoms with Crippen molar-refractivity contribution in [3.8, 4) is 5.75 Å². The predicted molar refractivity (Wildman–Crippen MR) is 71.8 cm³/mol. The molecular formula is C14H19N3O2. The third kappa shape index (κ3) is 4.37. The van der Waals surface area contributed by atoms with Gasteiger partial charge in [0.25, 0.3) is 5.89 Å². The number of nitrogens with zero attached hydrogens (tertiary/aromatic N) is 2. The molecule has 0 aliphatic rings. The highest BCUT2D eigenvalue weighted by molar-refractivity contribution is 5.27. The number of aromatic nitrogens is 2. The van der Waals surface area contributed by atoms with Gasteiger partial charge in [-0.15, -0.1) is 0 Å². The molecule has 19 heavy (non-hydrogen) atoms. The highest BCUT2D eigenvalue weighted by atomic mass is 16.5. The number of nitrogens with one attached hydrogen (secondary N) is 1. The molecular weight excluding hydrogens is 242 g/mol. The van der Waals surface area contributed by atoms with Crippen LogP contribution in [0, 0.1) is 6.92 Å². The molecule has 0 saturated heterocycles. The third-order valence-corrected chi connectivity index (χ3v) is 2.57. The van der Waals surface area contributed by atoms with E-state index < -0.39 is 0 Å². The topological polar surface area (TPSA) is 60.2 Å². The van der Waals surface area contributed by atoms with E-state index in [0.29, 0.717) is 24.4 Å². The minimum Gasteiger partial charge on any atom is -0.484 e. The molecule has 5 nitrogen and oxygen atoms in total. The molecule has 0 atom stereocenters.